The first kappa shape index (κ1) is 16.7. The highest BCUT2D eigenvalue weighted by atomic mass is 16.5. The van der Waals surface area contributed by atoms with Crippen molar-refractivity contribution >= 4 is 12.3 Å². The molecule has 0 saturated heterocycles. The lowest BCUT2D eigenvalue weighted by molar-refractivity contribution is 0.151. The predicted octanol–water partition coefficient (Wildman–Crippen LogP) is 3.67. The second-order valence-corrected chi connectivity index (χ2v) is 5.91. The van der Waals surface area contributed by atoms with Crippen molar-refractivity contribution in [3.05, 3.63) is 58.8 Å². The minimum Gasteiger partial charge on any atom is -0.381 e. The van der Waals surface area contributed by atoms with Gasteiger partial charge in [0.05, 0.1) is 18.0 Å². The molecule has 2 aromatic rings. The summed E-state index contributed by atoms with van der Waals surface area (Å²) >= 11 is 0. The number of nitrogens with zero attached hydrogens (tertiary/aromatic N) is 3. The van der Waals surface area contributed by atoms with Crippen LogP contribution in [0.5, 0.6) is 0 Å². The van der Waals surface area contributed by atoms with Crippen LogP contribution < -0.4 is 0 Å². The Balaban J connectivity index is 1.77. The highest BCUT2D eigenvalue weighted by Crippen LogP contribution is 2.19. The molecule has 0 saturated carbocycles. The minimum absolute atomic E-state index is 0.779. The van der Waals surface area contributed by atoms with Crippen LogP contribution in [-0.4, -0.2) is 29.0 Å². The number of hydrogen-bond donors (Lipinski definition) is 0. The van der Waals surface area contributed by atoms with E-state index in [1.54, 1.807) is 0 Å². The molecular weight excluding hydrogens is 298 g/mol. The van der Waals surface area contributed by atoms with Gasteiger partial charge in [-0.3, -0.25) is 4.99 Å². The minimum atomic E-state index is 0.779. The van der Waals surface area contributed by atoms with Crippen LogP contribution in [0.25, 0.3) is 6.08 Å². The lowest BCUT2D eigenvalue weighted by Crippen LogP contribution is -2.07. The van der Waals surface area contributed by atoms with Crippen LogP contribution in [0.4, 0.5) is 0 Å². The number of rotatable bonds is 7. The maximum Gasteiger partial charge on any atom is 0.109 e. The van der Waals surface area contributed by atoms with Gasteiger partial charge in [-0.25, -0.2) is 4.98 Å². The quantitative estimate of drug-likeness (QED) is 0.729. The number of imidazole rings is 1. The lowest BCUT2D eigenvalue weighted by Gasteiger charge is -2.10. The zero-order chi connectivity index (χ0) is 16.8. The van der Waals surface area contributed by atoms with Gasteiger partial charge in [0, 0.05) is 38.4 Å². The Kier molecular flexibility index (Phi) is 5.59. The number of aliphatic imine (C=N–C) groups is 1. The summed E-state index contributed by atoms with van der Waals surface area (Å²) in [5.74, 6) is 1.14. The van der Waals surface area contributed by atoms with Crippen molar-refractivity contribution in [1.29, 1.82) is 0 Å². The van der Waals surface area contributed by atoms with Gasteiger partial charge < -0.3 is 9.30 Å². The number of benzene rings is 1. The standard InChI is InChI=1S/C20H25N3O/c1-3-20-22-18-9-12-21-13-10-19(18)23(20)15-17-7-5-16(6-8-17)11-14-24-4-2/h5-8,10,12-13H,3-4,9,11,14-15H2,1-2H3. The van der Waals surface area contributed by atoms with Crippen LogP contribution >= 0.6 is 0 Å². The second kappa shape index (κ2) is 8.06. The molecule has 0 amide bonds. The van der Waals surface area contributed by atoms with E-state index in [9.17, 15) is 0 Å². The molecule has 0 atom stereocenters. The van der Waals surface area contributed by atoms with E-state index in [0.717, 1.165) is 50.5 Å². The van der Waals surface area contributed by atoms with Gasteiger partial charge in [0.15, 0.2) is 0 Å². The summed E-state index contributed by atoms with van der Waals surface area (Å²) in [6.07, 6.45) is 8.56. The molecule has 0 N–H and O–H groups in total. The fraction of sp³-hybridized carbons (Fsp3) is 0.400. The van der Waals surface area contributed by atoms with Gasteiger partial charge in [-0.15, -0.1) is 0 Å². The summed E-state index contributed by atoms with van der Waals surface area (Å²) in [4.78, 5) is 9.03. The largest absolute Gasteiger partial charge is 0.381 e. The fourth-order valence-corrected chi connectivity index (χ4v) is 2.99. The fourth-order valence-electron chi connectivity index (χ4n) is 2.99. The third-order valence-corrected chi connectivity index (χ3v) is 4.29. The lowest BCUT2D eigenvalue weighted by atomic mass is 10.1. The maximum atomic E-state index is 5.43. The number of hydrogen-bond acceptors (Lipinski definition) is 3. The first-order valence-corrected chi connectivity index (χ1v) is 8.73. The van der Waals surface area contributed by atoms with Crippen molar-refractivity contribution in [2.75, 3.05) is 13.2 Å². The van der Waals surface area contributed by atoms with E-state index in [1.165, 1.54) is 16.8 Å². The molecule has 1 aliphatic heterocycles. The van der Waals surface area contributed by atoms with Crippen LogP contribution in [-0.2, 0) is 30.5 Å². The van der Waals surface area contributed by atoms with Crippen molar-refractivity contribution in [2.24, 2.45) is 4.99 Å². The molecule has 4 nitrogen and oxygen atoms in total. The summed E-state index contributed by atoms with van der Waals surface area (Å²) in [6, 6.07) is 8.83. The van der Waals surface area contributed by atoms with Gasteiger partial charge >= 0.3 is 0 Å². The van der Waals surface area contributed by atoms with E-state index in [4.69, 9.17) is 9.72 Å². The Morgan fingerprint density at radius 1 is 1.12 bits per heavy atom. The highest BCUT2D eigenvalue weighted by molar-refractivity contribution is 5.68. The third-order valence-electron chi connectivity index (χ3n) is 4.29. The smallest absolute Gasteiger partial charge is 0.109 e. The zero-order valence-electron chi connectivity index (χ0n) is 14.5. The number of aryl methyl sites for hydroxylation is 1. The molecular formula is C20H25N3O. The Hall–Kier alpha value is -2.20. The summed E-state index contributed by atoms with van der Waals surface area (Å²) in [5, 5.41) is 0. The van der Waals surface area contributed by atoms with E-state index in [2.05, 4.69) is 46.8 Å². The Morgan fingerprint density at radius 3 is 2.67 bits per heavy atom. The van der Waals surface area contributed by atoms with Crippen molar-refractivity contribution in [2.45, 2.75) is 39.7 Å². The Morgan fingerprint density at radius 2 is 1.92 bits per heavy atom. The zero-order valence-corrected chi connectivity index (χ0v) is 14.5. The van der Waals surface area contributed by atoms with Crippen LogP contribution in [0.15, 0.2) is 35.5 Å². The summed E-state index contributed by atoms with van der Waals surface area (Å²) in [6.45, 7) is 6.60. The van der Waals surface area contributed by atoms with Gasteiger partial charge in [0.2, 0.25) is 0 Å². The molecule has 0 radical (unpaired) electrons. The monoisotopic (exact) mass is 323 g/mol. The third kappa shape index (κ3) is 3.82. The van der Waals surface area contributed by atoms with Crippen LogP contribution in [0.1, 0.15) is 42.2 Å². The number of ether oxygens (including phenoxy) is 1. The van der Waals surface area contributed by atoms with Gasteiger partial charge in [-0.1, -0.05) is 31.2 Å². The van der Waals surface area contributed by atoms with Crippen LogP contribution in [0.3, 0.4) is 0 Å². The summed E-state index contributed by atoms with van der Waals surface area (Å²) in [5.41, 5.74) is 4.92. The molecule has 3 rings (SSSR count). The normalized spacial score (nSPS) is 13.1. The van der Waals surface area contributed by atoms with Gasteiger partial charge in [-0.2, -0.15) is 0 Å². The molecule has 1 aromatic heterocycles. The van der Waals surface area contributed by atoms with E-state index in [0.29, 0.717) is 0 Å². The first-order chi connectivity index (χ1) is 11.8. The molecule has 2 heterocycles. The molecule has 0 bridgehead atoms. The van der Waals surface area contributed by atoms with Crippen molar-refractivity contribution in [3.63, 3.8) is 0 Å². The van der Waals surface area contributed by atoms with E-state index in [-0.39, 0.29) is 0 Å². The molecule has 0 unspecified atom stereocenters. The topological polar surface area (TPSA) is 39.4 Å². The predicted molar refractivity (Wildman–Crippen MR) is 98.6 cm³/mol. The van der Waals surface area contributed by atoms with Crippen molar-refractivity contribution < 1.29 is 4.74 Å². The highest BCUT2D eigenvalue weighted by Gasteiger charge is 2.14. The van der Waals surface area contributed by atoms with Gasteiger partial charge in [-0.05, 0) is 30.5 Å². The molecule has 1 aromatic carbocycles. The van der Waals surface area contributed by atoms with Crippen molar-refractivity contribution in [1.82, 2.24) is 9.55 Å². The average Bonchev–Trinajstić information content (AvgIpc) is 2.78. The SMILES string of the molecule is CCOCCc1ccc(Cn2c(CC)nc3c2C=CN=CC3)cc1. The average molecular weight is 323 g/mol. The number of aromatic nitrogens is 2. The molecule has 4 heteroatoms. The first-order valence-electron chi connectivity index (χ1n) is 8.73. The van der Waals surface area contributed by atoms with Crippen LogP contribution in [0, 0.1) is 0 Å². The molecule has 0 aliphatic carbocycles. The molecule has 0 spiro atoms. The van der Waals surface area contributed by atoms with Gasteiger partial charge in [0.1, 0.15) is 5.82 Å². The maximum absolute atomic E-state index is 5.43. The Bertz CT molecular complexity index is 726. The van der Waals surface area contributed by atoms with Gasteiger partial charge in [0.25, 0.3) is 0 Å². The van der Waals surface area contributed by atoms with Crippen molar-refractivity contribution in [3.8, 4) is 0 Å². The Labute approximate surface area is 143 Å². The number of fused-ring (bicyclic) bond motifs is 1. The van der Waals surface area contributed by atoms with E-state index >= 15 is 0 Å². The summed E-state index contributed by atoms with van der Waals surface area (Å²) in [7, 11) is 0. The van der Waals surface area contributed by atoms with E-state index in [1.807, 2.05) is 19.3 Å². The van der Waals surface area contributed by atoms with Crippen LogP contribution in [0.2, 0.25) is 0 Å². The second-order valence-electron chi connectivity index (χ2n) is 5.91. The molecule has 0 fully saturated rings. The summed E-state index contributed by atoms with van der Waals surface area (Å²) < 4.78 is 7.74. The van der Waals surface area contributed by atoms with E-state index < -0.39 is 0 Å². The molecule has 24 heavy (non-hydrogen) atoms. The molecule has 1 aliphatic rings. The molecule has 126 valence electrons.